The van der Waals surface area contributed by atoms with Gasteiger partial charge in [-0.2, -0.15) is 18.3 Å². The van der Waals surface area contributed by atoms with Gasteiger partial charge >= 0.3 is 6.18 Å². The number of nitrogens with zero attached hydrogens (tertiary/aromatic N) is 4. The van der Waals surface area contributed by atoms with Crippen LogP contribution in [0, 0.1) is 6.92 Å². The number of nitrogens with one attached hydrogen (secondary N) is 1. The van der Waals surface area contributed by atoms with Crippen LogP contribution < -0.4 is 10.2 Å². The highest BCUT2D eigenvalue weighted by molar-refractivity contribution is 6.05. The standard InChI is InChI=1S/C25H22F3N5O2/c1-16-5-6-17(24(34)30-19-4-2-3-18(14-19)25(26,27)28)13-20(16)21-15-22(32-9-11-35-12-10-32)23-29-7-8-33(23)31-21/h2-8,13-15H,9-12H2,1H3,(H,30,34). The number of fused-ring (bicyclic) bond motifs is 1. The van der Waals surface area contributed by atoms with Crippen molar-refractivity contribution >= 4 is 22.9 Å². The van der Waals surface area contributed by atoms with Gasteiger partial charge < -0.3 is 15.0 Å². The van der Waals surface area contributed by atoms with E-state index >= 15 is 0 Å². The van der Waals surface area contributed by atoms with E-state index in [0.29, 0.717) is 24.5 Å². The highest BCUT2D eigenvalue weighted by Gasteiger charge is 2.30. The molecule has 2 aromatic carbocycles. The van der Waals surface area contributed by atoms with Gasteiger partial charge in [-0.15, -0.1) is 0 Å². The third kappa shape index (κ3) is 4.69. The molecule has 5 rings (SSSR count). The molecule has 2 aromatic heterocycles. The van der Waals surface area contributed by atoms with E-state index in [9.17, 15) is 18.0 Å². The van der Waals surface area contributed by atoms with Gasteiger partial charge in [-0.05, 0) is 48.9 Å². The van der Waals surface area contributed by atoms with E-state index in [4.69, 9.17) is 4.74 Å². The summed E-state index contributed by atoms with van der Waals surface area (Å²) in [5.41, 5.74) is 3.50. The summed E-state index contributed by atoms with van der Waals surface area (Å²) >= 11 is 0. The quantitative estimate of drug-likeness (QED) is 0.453. The van der Waals surface area contributed by atoms with Crippen molar-refractivity contribution in [3.8, 4) is 11.3 Å². The Morgan fingerprint density at radius 2 is 1.89 bits per heavy atom. The van der Waals surface area contributed by atoms with E-state index in [1.165, 1.54) is 12.1 Å². The van der Waals surface area contributed by atoms with Gasteiger partial charge in [0, 0.05) is 42.3 Å². The van der Waals surface area contributed by atoms with Crippen LogP contribution in [0.2, 0.25) is 0 Å². The van der Waals surface area contributed by atoms with E-state index in [0.717, 1.165) is 47.7 Å². The molecule has 0 atom stereocenters. The Balaban J connectivity index is 1.49. The van der Waals surface area contributed by atoms with E-state index in [1.807, 2.05) is 13.0 Å². The lowest BCUT2D eigenvalue weighted by atomic mass is 10.0. The van der Waals surface area contributed by atoms with E-state index < -0.39 is 17.6 Å². The summed E-state index contributed by atoms with van der Waals surface area (Å²) in [6.45, 7) is 4.61. The van der Waals surface area contributed by atoms with Crippen LogP contribution in [0.5, 0.6) is 0 Å². The van der Waals surface area contributed by atoms with Crippen LogP contribution in [0.25, 0.3) is 16.9 Å². The van der Waals surface area contributed by atoms with Crippen molar-refractivity contribution in [2.24, 2.45) is 0 Å². The fraction of sp³-hybridized carbons (Fsp3) is 0.240. The molecule has 1 aliphatic heterocycles. The number of morpholine rings is 1. The number of aromatic nitrogens is 3. The largest absolute Gasteiger partial charge is 0.416 e. The Kier molecular flexibility index (Phi) is 5.89. The first-order chi connectivity index (χ1) is 16.8. The molecule has 7 nitrogen and oxygen atoms in total. The molecule has 35 heavy (non-hydrogen) atoms. The van der Waals surface area contributed by atoms with Gasteiger partial charge in [-0.3, -0.25) is 4.79 Å². The highest BCUT2D eigenvalue weighted by atomic mass is 19.4. The zero-order chi connectivity index (χ0) is 24.6. The third-order valence-electron chi connectivity index (χ3n) is 5.91. The summed E-state index contributed by atoms with van der Waals surface area (Å²) in [7, 11) is 0. The molecule has 1 amide bonds. The number of aryl methyl sites for hydroxylation is 1. The van der Waals surface area contributed by atoms with Crippen LogP contribution in [0.1, 0.15) is 21.5 Å². The van der Waals surface area contributed by atoms with Gasteiger partial charge in [-0.1, -0.05) is 12.1 Å². The predicted molar refractivity (Wildman–Crippen MR) is 126 cm³/mol. The van der Waals surface area contributed by atoms with Crippen molar-refractivity contribution in [1.29, 1.82) is 0 Å². The first kappa shape index (κ1) is 22.9. The van der Waals surface area contributed by atoms with Gasteiger partial charge in [0.15, 0.2) is 5.65 Å². The molecule has 1 fully saturated rings. The monoisotopic (exact) mass is 481 g/mol. The van der Waals surface area contributed by atoms with Crippen molar-refractivity contribution in [2.75, 3.05) is 36.5 Å². The summed E-state index contributed by atoms with van der Waals surface area (Å²) in [6, 6.07) is 11.6. The second-order valence-corrected chi connectivity index (χ2v) is 8.27. The van der Waals surface area contributed by atoms with Crippen molar-refractivity contribution in [2.45, 2.75) is 13.1 Å². The fourth-order valence-electron chi connectivity index (χ4n) is 4.08. The summed E-state index contributed by atoms with van der Waals surface area (Å²) in [6.07, 6.45) is -1.04. The zero-order valence-corrected chi connectivity index (χ0v) is 18.8. The lowest BCUT2D eigenvalue weighted by molar-refractivity contribution is -0.137. The molecule has 3 heterocycles. The maximum atomic E-state index is 13.0. The lowest BCUT2D eigenvalue weighted by Gasteiger charge is -2.29. The predicted octanol–water partition coefficient (Wildman–Crippen LogP) is 4.81. The molecule has 0 spiro atoms. The zero-order valence-electron chi connectivity index (χ0n) is 18.8. The van der Waals surface area contributed by atoms with Gasteiger partial charge in [0.1, 0.15) is 0 Å². The molecular weight excluding hydrogens is 459 g/mol. The van der Waals surface area contributed by atoms with Gasteiger partial charge in [0.25, 0.3) is 5.91 Å². The number of hydrogen-bond donors (Lipinski definition) is 1. The van der Waals surface area contributed by atoms with Crippen LogP contribution in [0.15, 0.2) is 60.9 Å². The first-order valence-electron chi connectivity index (χ1n) is 11.1. The van der Waals surface area contributed by atoms with Crippen molar-refractivity contribution < 1.29 is 22.7 Å². The molecule has 180 valence electrons. The smallest absolute Gasteiger partial charge is 0.378 e. The molecule has 10 heteroatoms. The number of carbonyl (C=O) groups is 1. The Hall–Kier alpha value is -3.92. The number of imidazole rings is 1. The minimum absolute atomic E-state index is 0.0690. The average molecular weight is 481 g/mol. The number of halogens is 3. The lowest BCUT2D eigenvalue weighted by Crippen LogP contribution is -2.36. The number of anilines is 2. The molecule has 1 aliphatic rings. The molecule has 0 bridgehead atoms. The summed E-state index contributed by atoms with van der Waals surface area (Å²) in [5, 5.41) is 7.25. The molecule has 1 saturated heterocycles. The maximum Gasteiger partial charge on any atom is 0.416 e. The Morgan fingerprint density at radius 3 is 2.66 bits per heavy atom. The van der Waals surface area contributed by atoms with Crippen LogP contribution in [0.3, 0.4) is 0 Å². The van der Waals surface area contributed by atoms with Crippen molar-refractivity contribution in [3.63, 3.8) is 0 Å². The number of ether oxygens (including phenoxy) is 1. The number of rotatable bonds is 4. The molecule has 0 radical (unpaired) electrons. The molecular formula is C25H22F3N5O2. The second kappa shape index (κ2) is 9.03. The minimum atomic E-state index is -4.49. The van der Waals surface area contributed by atoms with Crippen LogP contribution in [0.4, 0.5) is 24.5 Å². The van der Waals surface area contributed by atoms with Gasteiger partial charge in [0.2, 0.25) is 0 Å². The number of carbonyl (C=O) groups excluding carboxylic acids is 1. The van der Waals surface area contributed by atoms with E-state index in [1.54, 1.807) is 35.1 Å². The number of amides is 1. The average Bonchev–Trinajstić information content (AvgIpc) is 3.33. The summed E-state index contributed by atoms with van der Waals surface area (Å²) in [5.74, 6) is -0.511. The molecule has 4 aromatic rings. The molecule has 0 saturated carbocycles. The number of alkyl halides is 3. The normalized spacial score (nSPS) is 14.3. The second-order valence-electron chi connectivity index (χ2n) is 8.27. The Labute approximate surface area is 199 Å². The first-order valence-corrected chi connectivity index (χ1v) is 11.1. The molecule has 1 N–H and O–H groups in total. The fourth-order valence-corrected chi connectivity index (χ4v) is 4.08. The minimum Gasteiger partial charge on any atom is -0.378 e. The summed E-state index contributed by atoms with van der Waals surface area (Å²) < 4.78 is 46.3. The number of hydrogen-bond acceptors (Lipinski definition) is 5. The Bertz CT molecular complexity index is 1390. The summed E-state index contributed by atoms with van der Waals surface area (Å²) in [4.78, 5) is 19.5. The maximum absolute atomic E-state index is 13.0. The van der Waals surface area contributed by atoms with Crippen molar-refractivity contribution in [1.82, 2.24) is 14.6 Å². The SMILES string of the molecule is Cc1ccc(C(=O)Nc2cccc(C(F)(F)F)c2)cc1-c1cc(N2CCOCC2)c2nccn2n1. The third-order valence-corrected chi connectivity index (χ3v) is 5.91. The van der Waals surface area contributed by atoms with Gasteiger partial charge in [0.05, 0.1) is 30.2 Å². The van der Waals surface area contributed by atoms with E-state index in [2.05, 4.69) is 20.3 Å². The van der Waals surface area contributed by atoms with E-state index in [-0.39, 0.29) is 5.69 Å². The van der Waals surface area contributed by atoms with Crippen LogP contribution >= 0.6 is 0 Å². The van der Waals surface area contributed by atoms with Crippen LogP contribution in [-0.4, -0.2) is 46.8 Å². The van der Waals surface area contributed by atoms with Crippen molar-refractivity contribution in [3.05, 3.63) is 77.6 Å². The molecule has 0 aliphatic carbocycles. The Morgan fingerprint density at radius 1 is 1.09 bits per heavy atom. The van der Waals surface area contributed by atoms with Gasteiger partial charge in [-0.25, -0.2) is 9.50 Å². The van der Waals surface area contributed by atoms with Crippen LogP contribution in [-0.2, 0) is 10.9 Å². The topological polar surface area (TPSA) is 71.8 Å². The molecule has 0 unspecified atom stereocenters. The highest BCUT2D eigenvalue weighted by Crippen LogP contribution is 2.32. The number of benzene rings is 2.